The van der Waals surface area contributed by atoms with Crippen LogP contribution in [0, 0.1) is 0 Å². The summed E-state index contributed by atoms with van der Waals surface area (Å²) < 4.78 is 0. The van der Waals surface area contributed by atoms with Gasteiger partial charge in [-0.05, 0) is 23.6 Å². The lowest BCUT2D eigenvalue weighted by molar-refractivity contribution is -0.255. The number of imide groups is 1. The molecule has 2 amide bonds. The van der Waals surface area contributed by atoms with Gasteiger partial charge in [0, 0.05) is 23.6 Å². The largest absolute Gasteiger partial charge is 0.545 e. The predicted octanol–water partition coefficient (Wildman–Crippen LogP) is 2.02. The lowest BCUT2D eigenvalue weighted by Gasteiger charge is -2.17. The van der Waals surface area contributed by atoms with Crippen molar-refractivity contribution >= 4 is 46.0 Å². The van der Waals surface area contributed by atoms with E-state index in [2.05, 4.69) is 4.98 Å². The van der Waals surface area contributed by atoms with Crippen molar-refractivity contribution in [2.45, 2.75) is 16.7 Å². The van der Waals surface area contributed by atoms with E-state index in [1.807, 2.05) is 30.3 Å². The second-order valence-corrected chi connectivity index (χ2v) is 7.21. The van der Waals surface area contributed by atoms with Crippen molar-refractivity contribution in [3.63, 3.8) is 0 Å². The van der Waals surface area contributed by atoms with Gasteiger partial charge in [0.25, 0.3) is 0 Å². The van der Waals surface area contributed by atoms with Gasteiger partial charge in [0.15, 0.2) is 0 Å². The highest BCUT2D eigenvalue weighted by Gasteiger charge is 2.41. The average Bonchev–Trinajstić information content (AvgIpc) is 2.95. The van der Waals surface area contributed by atoms with Crippen molar-refractivity contribution in [2.75, 3.05) is 4.90 Å². The molecular weight excluding hydrogens is 364 g/mol. The average molecular weight is 377 g/mol. The molecule has 27 heavy (non-hydrogen) atoms. The standard InChI is InChI=1S/C20H14N2O4S/c23-17-11-16(27-18-14(20(25)26)8-4-10-21-18)19(24)22(17)15-9-3-6-12-5-1-2-7-13(12)15/h1-10,16H,11H2,(H,25,26)/p-1/t16-/m1/s1. The number of aromatic carboxylic acids is 1. The van der Waals surface area contributed by atoms with Gasteiger partial charge >= 0.3 is 0 Å². The molecule has 3 aromatic rings. The van der Waals surface area contributed by atoms with Crippen LogP contribution in [0.15, 0.2) is 65.8 Å². The predicted molar refractivity (Wildman–Crippen MR) is 99.3 cm³/mol. The summed E-state index contributed by atoms with van der Waals surface area (Å²) in [7, 11) is 0. The topological polar surface area (TPSA) is 90.4 Å². The van der Waals surface area contributed by atoms with Crippen LogP contribution < -0.4 is 10.0 Å². The van der Waals surface area contributed by atoms with Gasteiger partial charge in [-0.25, -0.2) is 9.88 Å². The van der Waals surface area contributed by atoms with Crippen molar-refractivity contribution in [2.24, 2.45) is 0 Å². The number of carboxylic acid groups (broad SMARTS) is 1. The van der Waals surface area contributed by atoms with Gasteiger partial charge in [-0.1, -0.05) is 48.2 Å². The normalized spacial score (nSPS) is 16.9. The number of carboxylic acids is 1. The molecule has 1 aliphatic heterocycles. The molecule has 4 rings (SSSR count). The minimum atomic E-state index is -1.37. The molecule has 0 radical (unpaired) electrons. The second-order valence-electron chi connectivity index (χ2n) is 6.02. The third-order valence-electron chi connectivity index (χ3n) is 4.36. The van der Waals surface area contributed by atoms with Gasteiger partial charge in [0.2, 0.25) is 11.8 Å². The Morgan fingerprint density at radius 1 is 1.07 bits per heavy atom. The first-order valence-corrected chi connectivity index (χ1v) is 9.12. The fourth-order valence-corrected chi connectivity index (χ4v) is 4.23. The molecule has 0 saturated carbocycles. The lowest BCUT2D eigenvalue weighted by Crippen LogP contribution is -2.31. The SMILES string of the molecule is O=C([O-])c1cccnc1S[C@@H]1CC(=O)N(c2cccc3ccccc23)C1=O. The smallest absolute Gasteiger partial charge is 0.247 e. The van der Waals surface area contributed by atoms with E-state index in [4.69, 9.17) is 0 Å². The van der Waals surface area contributed by atoms with Crippen molar-refractivity contribution in [1.29, 1.82) is 0 Å². The summed E-state index contributed by atoms with van der Waals surface area (Å²) in [6, 6.07) is 15.8. The van der Waals surface area contributed by atoms with E-state index >= 15 is 0 Å². The number of amides is 2. The highest BCUT2D eigenvalue weighted by Crippen LogP contribution is 2.36. The number of hydrogen-bond acceptors (Lipinski definition) is 6. The van der Waals surface area contributed by atoms with Crippen LogP contribution in [0.25, 0.3) is 10.8 Å². The summed E-state index contributed by atoms with van der Waals surface area (Å²) in [5.74, 6) is -2.07. The van der Waals surface area contributed by atoms with Crippen molar-refractivity contribution < 1.29 is 19.5 Å². The highest BCUT2D eigenvalue weighted by atomic mass is 32.2. The summed E-state index contributed by atoms with van der Waals surface area (Å²) >= 11 is 0.978. The molecule has 6 nitrogen and oxygen atoms in total. The van der Waals surface area contributed by atoms with E-state index in [1.165, 1.54) is 23.2 Å². The van der Waals surface area contributed by atoms with Gasteiger partial charge in [-0.15, -0.1) is 0 Å². The molecule has 134 valence electrons. The number of rotatable bonds is 4. The number of nitrogens with zero attached hydrogens (tertiary/aromatic N) is 2. The third-order valence-corrected chi connectivity index (χ3v) is 5.56. The van der Waals surface area contributed by atoms with Crippen LogP contribution in [0.4, 0.5) is 5.69 Å². The summed E-state index contributed by atoms with van der Waals surface area (Å²) in [6.45, 7) is 0. The minimum Gasteiger partial charge on any atom is -0.545 e. The Morgan fingerprint density at radius 2 is 1.85 bits per heavy atom. The zero-order valence-electron chi connectivity index (χ0n) is 14.0. The number of thioether (sulfide) groups is 1. The summed E-state index contributed by atoms with van der Waals surface area (Å²) in [5.41, 5.74) is 0.443. The van der Waals surface area contributed by atoms with Crippen LogP contribution in [0.2, 0.25) is 0 Å². The van der Waals surface area contributed by atoms with E-state index in [0.29, 0.717) is 5.69 Å². The monoisotopic (exact) mass is 377 g/mol. The maximum absolute atomic E-state index is 12.9. The Hall–Kier alpha value is -3.19. The number of benzene rings is 2. The Labute approximate surface area is 158 Å². The molecule has 2 aromatic carbocycles. The fourth-order valence-electron chi connectivity index (χ4n) is 3.13. The van der Waals surface area contributed by atoms with Gasteiger partial charge < -0.3 is 9.90 Å². The number of pyridine rings is 1. The van der Waals surface area contributed by atoms with Crippen LogP contribution in [-0.4, -0.2) is 28.0 Å². The number of aromatic nitrogens is 1. The van der Waals surface area contributed by atoms with Crippen LogP contribution in [0.3, 0.4) is 0 Å². The molecular formula is C20H13N2O4S-. The molecule has 0 spiro atoms. The molecule has 1 atom stereocenters. The van der Waals surface area contributed by atoms with E-state index < -0.39 is 11.2 Å². The second kappa shape index (κ2) is 6.85. The zero-order chi connectivity index (χ0) is 19.0. The van der Waals surface area contributed by atoms with E-state index in [0.717, 1.165) is 22.5 Å². The third kappa shape index (κ3) is 3.06. The highest BCUT2D eigenvalue weighted by molar-refractivity contribution is 8.00. The van der Waals surface area contributed by atoms with Gasteiger partial charge in [0.05, 0.1) is 16.9 Å². The Kier molecular flexibility index (Phi) is 4.37. The summed E-state index contributed by atoms with van der Waals surface area (Å²) in [6.07, 6.45) is 1.42. The molecule has 1 aromatic heterocycles. The quantitative estimate of drug-likeness (QED) is 0.646. The van der Waals surface area contributed by atoms with Crippen molar-refractivity contribution in [1.82, 2.24) is 4.98 Å². The lowest BCUT2D eigenvalue weighted by atomic mass is 10.1. The number of carbonyl (C=O) groups is 3. The Bertz CT molecular complexity index is 1080. The molecule has 1 saturated heterocycles. The van der Waals surface area contributed by atoms with Crippen LogP contribution >= 0.6 is 11.8 Å². The molecule has 0 aliphatic carbocycles. The fraction of sp³-hybridized carbons (Fsp3) is 0.100. The molecule has 0 unspecified atom stereocenters. The maximum atomic E-state index is 12.9. The van der Waals surface area contributed by atoms with Gasteiger partial charge in [-0.2, -0.15) is 0 Å². The first kappa shape index (κ1) is 17.2. The number of anilines is 1. The number of fused-ring (bicyclic) bond motifs is 1. The van der Waals surface area contributed by atoms with E-state index in [-0.39, 0.29) is 28.8 Å². The summed E-state index contributed by atoms with van der Waals surface area (Å²) in [4.78, 5) is 42.0. The van der Waals surface area contributed by atoms with Crippen LogP contribution in [0.5, 0.6) is 0 Å². The Morgan fingerprint density at radius 3 is 2.67 bits per heavy atom. The Balaban J connectivity index is 1.68. The maximum Gasteiger partial charge on any atom is 0.247 e. The first-order valence-electron chi connectivity index (χ1n) is 8.24. The van der Waals surface area contributed by atoms with Crippen LogP contribution in [0.1, 0.15) is 16.8 Å². The summed E-state index contributed by atoms with van der Waals surface area (Å²) in [5, 5.41) is 12.4. The molecule has 1 fully saturated rings. The zero-order valence-corrected chi connectivity index (χ0v) is 14.8. The van der Waals surface area contributed by atoms with Gasteiger partial charge in [-0.3, -0.25) is 9.59 Å². The first-order chi connectivity index (χ1) is 13.1. The number of hydrogen-bond donors (Lipinski definition) is 0. The molecule has 0 N–H and O–H groups in total. The van der Waals surface area contributed by atoms with Crippen LogP contribution in [-0.2, 0) is 9.59 Å². The molecule has 7 heteroatoms. The molecule has 2 heterocycles. The van der Waals surface area contributed by atoms with E-state index in [1.54, 1.807) is 12.1 Å². The number of carbonyl (C=O) groups excluding carboxylic acids is 3. The van der Waals surface area contributed by atoms with Crippen molar-refractivity contribution in [3.8, 4) is 0 Å². The van der Waals surface area contributed by atoms with Gasteiger partial charge in [0.1, 0.15) is 5.03 Å². The molecule has 0 bridgehead atoms. The van der Waals surface area contributed by atoms with Crippen molar-refractivity contribution in [3.05, 3.63) is 66.4 Å². The van der Waals surface area contributed by atoms with E-state index in [9.17, 15) is 19.5 Å². The molecule has 1 aliphatic rings. The minimum absolute atomic E-state index is 0.0181.